The summed E-state index contributed by atoms with van der Waals surface area (Å²) in [4.78, 5) is 15.7. The lowest BCUT2D eigenvalue weighted by molar-refractivity contribution is 0.0767. The van der Waals surface area contributed by atoms with Crippen LogP contribution in [0, 0.1) is 0 Å². The van der Waals surface area contributed by atoms with Crippen LogP contribution in [-0.2, 0) is 0 Å². The first kappa shape index (κ1) is 15.9. The number of hydrogen-bond donors (Lipinski definition) is 1. The van der Waals surface area contributed by atoms with Crippen molar-refractivity contribution in [2.75, 3.05) is 20.2 Å². The van der Waals surface area contributed by atoms with Crippen molar-refractivity contribution in [2.24, 2.45) is 0 Å². The maximum absolute atomic E-state index is 12.0. The van der Waals surface area contributed by atoms with E-state index in [1.165, 1.54) is 4.90 Å². The highest BCUT2D eigenvalue weighted by atomic mass is 35.5. The molecule has 0 saturated carbocycles. The van der Waals surface area contributed by atoms with Gasteiger partial charge in [0.1, 0.15) is 0 Å². The third kappa shape index (κ3) is 4.49. The molecule has 1 amide bonds. The van der Waals surface area contributed by atoms with Gasteiger partial charge in [-0.3, -0.25) is 4.79 Å². The summed E-state index contributed by atoms with van der Waals surface area (Å²) in [5.74, 6) is -0.0907. The molecule has 0 radical (unpaired) electrons. The van der Waals surface area contributed by atoms with Crippen molar-refractivity contribution in [1.29, 1.82) is 0 Å². The number of aliphatic hydroxyl groups is 1. The normalized spacial score (nSPS) is 10.4. The van der Waals surface area contributed by atoms with Crippen LogP contribution >= 0.6 is 23.4 Å². The van der Waals surface area contributed by atoms with E-state index in [1.54, 1.807) is 30.9 Å². The number of aliphatic hydroxyl groups excluding tert-OH is 1. The zero-order valence-corrected chi connectivity index (χ0v) is 13.2. The van der Waals surface area contributed by atoms with Gasteiger partial charge in [0.15, 0.2) is 0 Å². The van der Waals surface area contributed by atoms with Crippen molar-refractivity contribution in [3.05, 3.63) is 59.1 Å². The molecule has 0 heterocycles. The number of amides is 1. The monoisotopic (exact) mass is 321 g/mol. The molecular weight excluding hydrogens is 306 g/mol. The summed E-state index contributed by atoms with van der Waals surface area (Å²) in [6, 6.07) is 15.1. The number of hydrogen-bond acceptors (Lipinski definition) is 3. The second-order valence-corrected chi connectivity index (χ2v) is 6.11. The predicted molar refractivity (Wildman–Crippen MR) is 86.1 cm³/mol. The van der Waals surface area contributed by atoms with Crippen LogP contribution in [0.3, 0.4) is 0 Å². The minimum atomic E-state index is -0.0907. The Morgan fingerprint density at radius 1 is 1.10 bits per heavy atom. The van der Waals surface area contributed by atoms with E-state index in [4.69, 9.17) is 16.7 Å². The predicted octanol–water partition coefficient (Wildman–Crippen LogP) is 3.56. The number of likely N-dealkylation sites (N-methyl/N-ethyl adjacent to an activating group) is 1. The maximum Gasteiger partial charge on any atom is 0.253 e. The Kier molecular flexibility index (Phi) is 5.67. The lowest BCUT2D eigenvalue weighted by Crippen LogP contribution is -2.29. The summed E-state index contributed by atoms with van der Waals surface area (Å²) in [5, 5.41) is 9.57. The van der Waals surface area contributed by atoms with Gasteiger partial charge in [-0.15, -0.1) is 0 Å². The van der Waals surface area contributed by atoms with Crippen molar-refractivity contribution in [1.82, 2.24) is 4.90 Å². The third-order valence-electron chi connectivity index (χ3n) is 2.93. The molecule has 0 atom stereocenters. The molecule has 0 aromatic heterocycles. The highest BCUT2D eigenvalue weighted by Gasteiger charge is 2.10. The van der Waals surface area contributed by atoms with Gasteiger partial charge in [-0.05, 0) is 48.5 Å². The lowest BCUT2D eigenvalue weighted by Gasteiger charge is -2.15. The highest BCUT2D eigenvalue weighted by molar-refractivity contribution is 7.99. The van der Waals surface area contributed by atoms with Crippen molar-refractivity contribution in [3.63, 3.8) is 0 Å². The minimum absolute atomic E-state index is 0.0350. The largest absolute Gasteiger partial charge is 0.395 e. The first-order valence-electron chi connectivity index (χ1n) is 6.50. The van der Waals surface area contributed by atoms with Crippen LogP contribution in [0.15, 0.2) is 58.3 Å². The Hall–Kier alpha value is -1.49. The quantitative estimate of drug-likeness (QED) is 0.915. The van der Waals surface area contributed by atoms with E-state index in [-0.39, 0.29) is 12.5 Å². The average Bonchev–Trinajstić information content (AvgIpc) is 2.50. The number of carbonyl (C=O) groups excluding carboxylic acids is 1. The van der Waals surface area contributed by atoms with E-state index in [0.29, 0.717) is 17.1 Å². The molecule has 5 heteroatoms. The maximum atomic E-state index is 12.0. The second kappa shape index (κ2) is 7.50. The van der Waals surface area contributed by atoms with E-state index < -0.39 is 0 Å². The summed E-state index contributed by atoms with van der Waals surface area (Å²) in [5.41, 5.74) is 0.617. The summed E-state index contributed by atoms with van der Waals surface area (Å²) in [6.07, 6.45) is 0. The smallest absolute Gasteiger partial charge is 0.253 e. The van der Waals surface area contributed by atoms with E-state index in [0.717, 1.165) is 9.79 Å². The van der Waals surface area contributed by atoms with Crippen molar-refractivity contribution in [3.8, 4) is 0 Å². The molecule has 0 fully saturated rings. The van der Waals surface area contributed by atoms with Gasteiger partial charge in [0.05, 0.1) is 6.61 Å². The molecule has 2 aromatic rings. The minimum Gasteiger partial charge on any atom is -0.395 e. The Morgan fingerprint density at radius 3 is 2.14 bits per heavy atom. The SMILES string of the molecule is CN(CCO)C(=O)c1ccc(Sc2ccc(Cl)cc2)cc1. The standard InChI is InChI=1S/C16H16ClNO2S/c1-18(10-11-19)16(20)12-2-6-14(7-3-12)21-15-8-4-13(17)5-9-15/h2-9,19H,10-11H2,1H3. The van der Waals surface area contributed by atoms with Crippen LogP contribution in [0.25, 0.3) is 0 Å². The molecule has 0 bridgehead atoms. The van der Waals surface area contributed by atoms with Crippen LogP contribution in [0.1, 0.15) is 10.4 Å². The Morgan fingerprint density at radius 2 is 1.62 bits per heavy atom. The second-order valence-electron chi connectivity index (χ2n) is 4.53. The molecule has 110 valence electrons. The van der Waals surface area contributed by atoms with Gasteiger partial charge in [-0.1, -0.05) is 23.4 Å². The van der Waals surface area contributed by atoms with Gasteiger partial charge in [0.25, 0.3) is 5.91 Å². The van der Waals surface area contributed by atoms with Crippen LogP contribution in [-0.4, -0.2) is 36.1 Å². The number of benzene rings is 2. The van der Waals surface area contributed by atoms with Gasteiger partial charge in [0.2, 0.25) is 0 Å². The molecule has 0 spiro atoms. The molecule has 1 N–H and O–H groups in total. The fraction of sp³-hybridized carbons (Fsp3) is 0.188. The van der Waals surface area contributed by atoms with Gasteiger partial charge < -0.3 is 10.0 Å². The molecule has 21 heavy (non-hydrogen) atoms. The molecule has 0 aliphatic rings. The molecule has 2 rings (SSSR count). The topological polar surface area (TPSA) is 40.5 Å². The first-order chi connectivity index (χ1) is 10.1. The van der Waals surface area contributed by atoms with Crippen LogP contribution in [0.4, 0.5) is 0 Å². The van der Waals surface area contributed by atoms with Crippen molar-refractivity contribution in [2.45, 2.75) is 9.79 Å². The summed E-state index contributed by atoms with van der Waals surface area (Å²) < 4.78 is 0. The van der Waals surface area contributed by atoms with E-state index >= 15 is 0 Å². The first-order valence-corrected chi connectivity index (χ1v) is 7.69. The number of carbonyl (C=O) groups is 1. The van der Waals surface area contributed by atoms with Gasteiger partial charge in [-0.2, -0.15) is 0 Å². The summed E-state index contributed by atoms with van der Waals surface area (Å²) >= 11 is 7.47. The molecule has 0 saturated heterocycles. The molecule has 2 aromatic carbocycles. The molecule has 0 unspecified atom stereocenters. The molecular formula is C16H16ClNO2S. The molecule has 0 aliphatic heterocycles. The van der Waals surface area contributed by atoms with Crippen molar-refractivity contribution >= 4 is 29.3 Å². The number of nitrogens with zero attached hydrogens (tertiary/aromatic N) is 1. The fourth-order valence-electron chi connectivity index (χ4n) is 1.78. The zero-order chi connectivity index (χ0) is 15.2. The van der Waals surface area contributed by atoms with Crippen LogP contribution < -0.4 is 0 Å². The summed E-state index contributed by atoms with van der Waals surface area (Å²) in [6.45, 7) is 0.298. The molecule has 0 aliphatic carbocycles. The van der Waals surface area contributed by atoms with Crippen LogP contribution in [0.5, 0.6) is 0 Å². The Bertz CT molecular complexity index is 599. The molecule has 3 nitrogen and oxygen atoms in total. The number of rotatable bonds is 5. The Labute approximate surface area is 133 Å². The number of halogens is 1. The van der Waals surface area contributed by atoms with Crippen LogP contribution in [0.2, 0.25) is 5.02 Å². The third-order valence-corrected chi connectivity index (χ3v) is 4.20. The Balaban J connectivity index is 2.05. The highest BCUT2D eigenvalue weighted by Crippen LogP contribution is 2.28. The summed E-state index contributed by atoms with van der Waals surface area (Å²) in [7, 11) is 1.68. The van der Waals surface area contributed by atoms with E-state index in [2.05, 4.69) is 0 Å². The fourth-order valence-corrected chi connectivity index (χ4v) is 2.72. The van der Waals surface area contributed by atoms with Gasteiger partial charge >= 0.3 is 0 Å². The lowest BCUT2D eigenvalue weighted by atomic mass is 10.2. The average molecular weight is 322 g/mol. The van der Waals surface area contributed by atoms with E-state index in [1.807, 2.05) is 36.4 Å². The van der Waals surface area contributed by atoms with E-state index in [9.17, 15) is 4.79 Å². The van der Waals surface area contributed by atoms with Crippen molar-refractivity contribution < 1.29 is 9.90 Å². The zero-order valence-electron chi connectivity index (χ0n) is 11.6. The van der Waals surface area contributed by atoms with Gasteiger partial charge in [0, 0.05) is 34.0 Å². The van der Waals surface area contributed by atoms with Gasteiger partial charge in [-0.25, -0.2) is 0 Å².